The van der Waals surface area contributed by atoms with Gasteiger partial charge in [0.05, 0.1) is 0 Å². The van der Waals surface area contributed by atoms with E-state index < -0.39 is 18.0 Å². The minimum Gasteiger partial charge on any atom is -0.479 e. The van der Waals surface area contributed by atoms with E-state index in [2.05, 4.69) is 44.9 Å². The first-order valence-corrected chi connectivity index (χ1v) is 6.43. The molecule has 0 aliphatic carbocycles. The average molecular weight is 381 g/mol. The highest BCUT2D eigenvalue weighted by Crippen LogP contribution is 2.08. The number of nitrogens with zero attached hydrogens (tertiary/aromatic N) is 9. The third-order valence-electron chi connectivity index (χ3n) is 1.97. The Labute approximate surface area is 149 Å². The average Bonchev–Trinajstić information content (AvgIpc) is 2.43. The van der Waals surface area contributed by atoms with Crippen molar-refractivity contribution < 1.29 is 15.3 Å². The Hall–Kier alpha value is -4.77. The van der Waals surface area contributed by atoms with Gasteiger partial charge >= 0.3 is 18.0 Å². The maximum atomic E-state index is 8.41. The molecular formula is C9H15N15O3. The molecule has 0 saturated carbocycles. The molecular weight excluding hydrogens is 366 g/mol. The van der Waals surface area contributed by atoms with Crippen molar-refractivity contribution in [3.63, 3.8) is 0 Å². The van der Waals surface area contributed by atoms with Crippen LogP contribution in [-0.2, 0) is 0 Å². The van der Waals surface area contributed by atoms with Crippen LogP contribution < -0.4 is 34.4 Å². The predicted molar refractivity (Wildman–Crippen MR) is 90.9 cm³/mol. The zero-order valence-electron chi connectivity index (χ0n) is 13.3. The third kappa shape index (κ3) is 8.05. The Bertz CT molecular complexity index is 637. The van der Waals surface area contributed by atoms with E-state index in [-0.39, 0.29) is 35.7 Å². The smallest absolute Gasteiger partial charge is 0.323 e. The molecule has 0 spiro atoms. The number of hydrogen-bond donors (Lipinski definition) is 9. The standard InChI is InChI=1S/2C3H6N6.C3H3N3O3/c2*4-1-7-2(5)9-3(6)8-1;7-1-4-2(8)6-3(9)5-1/h2*(H6,4,5,6,7,8,9);(H3,4,5,6,7,8,9). The van der Waals surface area contributed by atoms with Crippen molar-refractivity contribution in [2.75, 3.05) is 34.4 Å². The molecule has 0 unspecified atom stereocenters. The van der Waals surface area contributed by atoms with Crippen molar-refractivity contribution in [1.82, 2.24) is 44.9 Å². The van der Waals surface area contributed by atoms with Crippen LogP contribution in [0, 0.1) is 0 Å². The van der Waals surface area contributed by atoms with Crippen molar-refractivity contribution in [2.24, 2.45) is 0 Å². The van der Waals surface area contributed by atoms with Crippen molar-refractivity contribution in [3.05, 3.63) is 0 Å². The lowest BCUT2D eigenvalue weighted by atomic mass is 10.9. The number of aromatic hydroxyl groups is 3. The van der Waals surface area contributed by atoms with Gasteiger partial charge in [0.25, 0.3) is 0 Å². The molecule has 0 saturated heterocycles. The lowest BCUT2D eigenvalue weighted by molar-refractivity contribution is 0.344. The molecule has 3 rings (SSSR count). The Morgan fingerprint density at radius 2 is 0.481 bits per heavy atom. The van der Waals surface area contributed by atoms with Crippen LogP contribution in [0.2, 0.25) is 0 Å². The van der Waals surface area contributed by atoms with Gasteiger partial charge < -0.3 is 49.7 Å². The van der Waals surface area contributed by atoms with Crippen LogP contribution in [0.1, 0.15) is 0 Å². The van der Waals surface area contributed by atoms with E-state index in [1.807, 2.05) is 0 Å². The lowest BCUT2D eigenvalue weighted by Gasteiger charge is -1.93. The molecule has 0 aliphatic rings. The Morgan fingerprint density at radius 1 is 0.333 bits per heavy atom. The first-order chi connectivity index (χ1) is 12.5. The van der Waals surface area contributed by atoms with Gasteiger partial charge in [0.15, 0.2) is 0 Å². The molecule has 3 heterocycles. The van der Waals surface area contributed by atoms with E-state index in [9.17, 15) is 0 Å². The van der Waals surface area contributed by atoms with Crippen LogP contribution in [0.25, 0.3) is 0 Å². The van der Waals surface area contributed by atoms with Crippen molar-refractivity contribution in [1.29, 1.82) is 0 Å². The molecule has 27 heavy (non-hydrogen) atoms. The summed E-state index contributed by atoms with van der Waals surface area (Å²) >= 11 is 0. The quantitative estimate of drug-likeness (QED) is 0.180. The van der Waals surface area contributed by atoms with Gasteiger partial charge in [-0.1, -0.05) is 0 Å². The fraction of sp³-hybridized carbons (Fsp3) is 0. The number of anilines is 6. The predicted octanol–water partition coefficient (Wildman–Crippen LogP) is -3.78. The van der Waals surface area contributed by atoms with Gasteiger partial charge in [0.1, 0.15) is 0 Å². The summed E-state index contributed by atoms with van der Waals surface area (Å²) in [6.07, 6.45) is 0. The molecule has 0 fully saturated rings. The highest BCUT2D eigenvalue weighted by atomic mass is 16.3. The Morgan fingerprint density at radius 3 is 0.630 bits per heavy atom. The van der Waals surface area contributed by atoms with Crippen LogP contribution in [0.5, 0.6) is 18.0 Å². The van der Waals surface area contributed by atoms with Crippen molar-refractivity contribution in [3.8, 4) is 18.0 Å². The Kier molecular flexibility index (Phi) is 6.69. The van der Waals surface area contributed by atoms with E-state index >= 15 is 0 Å². The Balaban J connectivity index is 0.000000202. The molecule has 3 aromatic rings. The van der Waals surface area contributed by atoms with Gasteiger partial charge in [0, 0.05) is 0 Å². The van der Waals surface area contributed by atoms with Crippen LogP contribution in [0.15, 0.2) is 0 Å². The van der Waals surface area contributed by atoms with Crippen LogP contribution >= 0.6 is 0 Å². The molecule has 0 bridgehead atoms. The summed E-state index contributed by atoms with van der Waals surface area (Å²) in [5, 5.41) is 25.2. The fourth-order valence-corrected chi connectivity index (χ4v) is 1.20. The number of aromatic nitrogens is 9. The maximum Gasteiger partial charge on any atom is 0.323 e. The topological polar surface area (TPSA) is 333 Å². The van der Waals surface area contributed by atoms with Crippen LogP contribution in [0.3, 0.4) is 0 Å². The van der Waals surface area contributed by atoms with Gasteiger partial charge in [-0.3, -0.25) is 0 Å². The maximum absolute atomic E-state index is 8.41. The highest BCUT2D eigenvalue weighted by molar-refractivity contribution is 5.34. The van der Waals surface area contributed by atoms with Gasteiger partial charge in [0.2, 0.25) is 35.7 Å². The third-order valence-corrected chi connectivity index (χ3v) is 1.97. The summed E-state index contributed by atoms with van der Waals surface area (Å²) in [4.78, 5) is 29.8. The zero-order valence-corrected chi connectivity index (χ0v) is 13.3. The molecule has 0 amide bonds. The second-order valence-electron chi connectivity index (χ2n) is 4.06. The molecule has 144 valence electrons. The SMILES string of the molecule is Nc1nc(N)nc(N)n1.Nc1nc(N)nc(N)n1.Oc1nc(O)nc(O)n1. The van der Waals surface area contributed by atoms with Gasteiger partial charge in [-0.25, -0.2) is 0 Å². The fourth-order valence-electron chi connectivity index (χ4n) is 1.20. The lowest BCUT2D eigenvalue weighted by Crippen LogP contribution is -2.05. The summed E-state index contributed by atoms with van der Waals surface area (Å²) in [7, 11) is 0. The zero-order chi connectivity index (χ0) is 20.6. The second kappa shape index (κ2) is 8.91. The normalized spacial score (nSPS) is 9.33. The highest BCUT2D eigenvalue weighted by Gasteiger charge is 1.99. The second-order valence-corrected chi connectivity index (χ2v) is 4.06. The van der Waals surface area contributed by atoms with Gasteiger partial charge in [-0.15, -0.1) is 15.0 Å². The van der Waals surface area contributed by atoms with E-state index in [4.69, 9.17) is 49.7 Å². The van der Waals surface area contributed by atoms with Crippen LogP contribution in [-0.4, -0.2) is 60.2 Å². The summed E-state index contributed by atoms with van der Waals surface area (Å²) in [5.41, 5.74) is 30.8. The summed E-state index contributed by atoms with van der Waals surface area (Å²) in [5.74, 6) is 0.250. The van der Waals surface area contributed by atoms with E-state index in [1.165, 1.54) is 0 Å². The molecule has 0 atom stereocenters. The van der Waals surface area contributed by atoms with Crippen LogP contribution in [0.4, 0.5) is 35.7 Å². The molecule has 0 aromatic carbocycles. The summed E-state index contributed by atoms with van der Waals surface area (Å²) < 4.78 is 0. The minimum absolute atomic E-state index is 0.0417. The number of nitrogens with two attached hydrogens (primary N) is 6. The molecule has 15 N–H and O–H groups in total. The largest absolute Gasteiger partial charge is 0.479 e. The molecule has 18 heteroatoms. The van der Waals surface area contributed by atoms with Crippen molar-refractivity contribution >= 4 is 35.7 Å². The summed E-state index contributed by atoms with van der Waals surface area (Å²) in [6.45, 7) is 0. The van der Waals surface area contributed by atoms with E-state index in [1.54, 1.807) is 0 Å². The number of rotatable bonds is 0. The first-order valence-electron chi connectivity index (χ1n) is 6.43. The minimum atomic E-state index is -0.708. The van der Waals surface area contributed by atoms with E-state index in [0.717, 1.165) is 0 Å². The van der Waals surface area contributed by atoms with E-state index in [0.29, 0.717) is 0 Å². The monoisotopic (exact) mass is 381 g/mol. The van der Waals surface area contributed by atoms with Gasteiger partial charge in [-0.2, -0.15) is 29.9 Å². The van der Waals surface area contributed by atoms with Gasteiger partial charge in [-0.05, 0) is 0 Å². The molecule has 3 aromatic heterocycles. The van der Waals surface area contributed by atoms with Crippen molar-refractivity contribution in [2.45, 2.75) is 0 Å². The number of hydrogen-bond acceptors (Lipinski definition) is 18. The molecule has 0 aliphatic heterocycles. The number of nitrogen functional groups attached to an aromatic ring is 6. The molecule has 18 nitrogen and oxygen atoms in total. The molecule has 0 radical (unpaired) electrons. The summed E-state index contributed by atoms with van der Waals surface area (Å²) in [6, 6.07) is -2.12. The first kappa shape index (κ1) is 20.3.